The highest BCUT2D eigenvalue weighted by Crippen LogP contribution is 2.33. The van der Waals surface area contributed by atoms with Crippen molar-refractivity contribution in [3.63, 3.8) is 0 Å². The Labute approximate surface area is 149 Å². The summed E-state index contributed by atoms with van der Waals surface area (Å²) >= 11 is 0. The minimum Gasteiger partial charge on any atom is -0.461 e. The summed E-state index contributed by atoms with van der Waals surface area (Å²) in [7, 11) is 0. The molecule has 0 spiro atoms. The summed E-state index contributed by atoms with van der Waals surface area (Å²) in [5.41, 5.74) is 3.88. The molecule has 4 aromatic rings. The molecule has 5 rings (SSSR count). The van der Waals surface area contributed by atoms with Crippen LogP contribution in [0.4, 0.5) is 0 Å². The van der Waals surface area contributed by atoms with E-state index in [-0.39, 0.29) is 11.7 Å². The molecule has 3 aromatic heterocycles. The number of fused-ring (bicyclic) bond motifs is 3. The molecule has 0 radical (unpaired) electrons. The van der Waals surface area contributed by atoms with Gasteiger partial charge in [-0.05, 0) is 37.0 Å². The van der Waals surface area contributed by atoms with Gasteiger partial charge in [-0.2, -0.15) is 9.50 Å². The molecule has 1 unspecified atom stereocenters. The van der Waals surface area contributed by atoms with E-state index in [0.717, 1.165) is 12.1 Å². The van der Waals surface area contributed by atoms with Gasteiger partial charge in [-0.15, -0.1) is 5.10 Å². The van der Waals surface area contributed by atoms with Crippen molar-refractivity contribution in [1.82, 2.24) is 19.6 Å². The molecule has 0 saturated heterocycles. The Morgan fingerprint density at radius 2 is 2.12 bits per heavy atom. The molecule has 1 aromatic carbocycles. The van der Waals surface area contributed by atoms with Crippen LogP contribution in [-0.4, -0.2) is 25.4 Å². The van der Waals surface area contributed by atoms with Gasteiger partial charge in [-0.1, -0.05) is 29.8 Å². The molecular formula is C20H16N4O2. The standard InChI is InChI=1S/C20H16N4O2/c1-12-4-2-5-13(8-12)14-9-16-15(17(25)10-14)11-21-20-22-19(23-24(16)20)18-6-3-7-26-18/h2-8,11,14H,9-10H2,1H3. The zero-order valence-corrected chi connectivity index (χ0v) is 14.2. The number of aromatic nitrogens is 4. The van der Waals surface area contributed by atoms with Crippen LogP contribution in [0.5, 0.6) is 0 Å². The van der Waals surface area contributed by atoms with Crippen molar-refractivity contribution in [3.05, 3.63) is 71.2 Å². The number of rotatable bonds is 2. The van der Waals surface area contributed by atoms with Crippen LogP contribution in [-0.2, 0) is 6.42 Å². The molecule has 1 atom stereocenters. The van der Waals surface area contributed by atoms with Crippen LogP contribution in [0.1, 0.15) is 39.5 Å². The lowest BCUT2D eigenvalue weighted by molar-refractivity contribution is 0.0962. The Morgan fingerprint density at radius 3 is 2.92 bits per heavy atom. The van der Waals surface area contributed by atoms with E-state index in [2.05, 4.69) is 40.2 Å². The average molecular weight is 344 g/mol. The molecule has 0 aliphatic heterocycles. The third-order valence-corrected chi connectivity index (χ3v) is 4.89. The molecular weight excluding hydrogens is 328 g/mol. The Kier molecular flexibility index (Phi) is 3.25. The van der Waals surface area contributed by atoms with Gasteiger partial charge < -0.3 is 4.42 Å². The lowest BCUT2D eigenvalue weighted by atomic mass is 9.82. The molecule has 0 fully saturated rings. The molecule has 6 nitrogen and oxygen atoms in total. The largest absolute Gasteiger partial charge is 0.461 e. The van der Waals surface area contributed by atoms with E-state index in [1.54, 1.807) is 23.0 Å². The number of ketones is 1. The Bertz CT molecular complexity index is 1130. The number of carbonyl (C=O) groups is 1. The van der Waals surface area contributed by atoms with E-state index in [9.17, 15) is 4.79 Å². The van der Waals surface area contributed by atoms with Gasteiger partial charge in [-0.3, -0.25) is 4.79 Å². The van der Waals surface area contributed by atoms with Gasteiger partial charge in [0.1, 0.15) is 0 Å². The van der Waals surface area contributed by atoms with Crippen LogP contribution in [0.25, 0.3) is 17.4 Å². The number of Topliss-reactive ketones (excluding diaryl/α,β-unsaturated/α-hetero) is 1. The van der Waals surface area contributed by atoms with Crippen molar-refractivity contribution in [2.24, 2.45) is 0 Å². The van der Waals surface area contributed by atoms with Gasteiger partial charge in [0.2, 0.25) is 5.82 Å². The maximum Gasteiger partial charge on any atom is 0.253 e. The highest BCUT2D eigenvalue weighted by molar-refractivity contribution is 5.98. The predicted molar refractivity (Wildman–Crippen MR) is 95.1 cm³/mol. The Balaban J connectivity index is 1.63. The summed E-state index contributed by atoms with van der Waals surface area (Å²) in [4.78, 5) is 21.5. The van der Waals surface area contributed by atoms with Gasteiger partial charge in [0.15, 0.2) is 11.5 Å². The van der Waals surface area contributed by atoms with Crippen LogP contribution in [0.2, 0.25) is 0 Å². The smallest absolute Gasteiger partial charge is 0.253 e. The lowest BCUT2D eigenvalue weighted by Gasteiger charge is -2.24. The van der Waals surface area contributed by atoms with Gasteiger partial charge in [-0.25, -0.2) is 4.98 Å². The molecule has 1 aliphatic rings. The van der Waals surface area contributed by atoms with Crippen molar-refractivity contribution in [2.45, 2.75) is 25.7 Å². The first-order valence-electron chi connectivity index (χ1n) is 8.57. The summed E-state index contributed by atoms with van der Waals surface area (Å²) in [6.07, 6.45) is 4.43. The zero-order chi connectivity index (χ0) is 17.7. The van der Waals surface area contributed by atoms with E-state index in [0.29, 0.717) is 29.3 Å². The molecule has 128 valence electrons. The van der Waals surface area contributed by atoms with Crippen molar-refractivity contribution in [3.8, 4) is 11.6 Å². The van der Waals surface area contributed by atoms with Crippen LogP contribution in [0.3, 0.4) is 0 Å². The van der Waals surface area contributed by atoms with Crippen molar-refractivity contribution < 1.29 is 9.21 Å². The van der Waals surface area contributed by atoms with Gasteiger partial charge in [0, 0.05) is 12.6 Å². The molecule has 0 bridgehead atoms. The Hall–Kier alpha value is -3.28. The fraction of sp³-hybridized carbons (Fsp3) is 0.200. The maximum absolute atomic E-state index is 12.7. The topological polar surface area (TPSA) is 73.3 Å². The van der Waals surface area contributed by atoms with Gasteiger partial charge in [0.05, 0.1) is 17.5 Å². The fourth-order valence-electron chi connectivity index (χ4n) is 3.62. The predicted octanol–water partition coefficient (Wildman–Crippen LogP) is 3.61. The maximum atomic E-state index is 12.7. The van der Waals surface area contributed by atoms with E-state index >= 15 is 0 Å². The number of furan rings is 1. The van der Waals surface area contributed by atoms with Gasteiger partial charge >= 0.3 is 0 Å². The molecule has 26 heavy (non-hydrogen) atoms. The summed E-state index contributed by atoms with van der Waals surface area (Å²) in [5, 5.41) is 4.55. The monoisotopic (exact) mass is 344 g/mol. The molecule has 0 amide bonds. The first-order chi connectivity index (χ1) is 12.7. The van der Waals surface area contributed by atoms with Crippen LogP contribution in [0.15, 0.2) is 53.3 Å². The average Bonchev–Trinajstić information content (AvgIpc) is 3.31. The highest BCUT2D eigenvalue weighted by Gasteiger charge is 2.29. The first kappa shape index (κ1) is 15.0. The normalized spacial score (nSPS) is 16.8. The molecule has 0 N–H and O–H groups in total. The number of nitrogens with zero attached hydrogens (tertiary/aromatic N) is 4. The SMILES string of the molecule is Cc1cccc(C2CC(=O)c3cnc4nc(-c5ccco5)nn4c3C2)c1. The van der Waals surface area contributed by atoms with E-state index in [1.807, 2.05) is 12.1 Å². The summed E-state index contributed by atoms with van der Waals surface area (Å²) in [6, 6.07) is 11.9. The third kappa shape index (κ3) is 2.34. The van der Waals surface area contributed by atoms with Crippen molar-refractivity contribution in [2.75, 3.05) is 0 Å². The highest BCUT2D eigenvalue weighted by atomic mass is 16.3. The summed E-state index contributed by atoms with van der Waals surface area (Å²) < 4.78 is 7.07. The van der Waals surface area contributed by atoms with Crippen LogP contribution < -0.4 is 0 Å². The number of carbonyl (C=O) groups excluding carboxylic acids is 1. The fourth-order valence-corrected chi connectivity index (χ4v) is 3.62. The second-order valence-electron chi connectivity index (χ2n) is 6.69. The minimum atomic E-state index is 0.0993. The quantitative estimate of drug-likeness (QED) is 0.555. The molecule has 1 aliphatic carbocycles. The zero-order valence-electron chi connectivity index (χ0n) is 14.2. The number of hydrogen-bond donors (Lipinski definition) is 0. The second kappa shape index (κ2) is 5.62. The van der Waals surface area contributed by atoms with Crippen LogP contribution >= 0.6 is 0 Å². The van der Waals surface area contributed by atoms with Crippen molar-refractivity contribution in [1.29, 1.82) is 0 Å². The number of benzene rings is 1. The summed E-state index contributed by atoms with van der Waals surface area (Å²) in [6.45, 7) is 2.07. The Morgan fingerprint density at radius 1 is 1.19 bits per heavy atom. The second-order valence-corrected chi connectivity index (χ2v) is 6.69. The van der Waals surface area contributed by atoms with Gasteiger partial charge in [0.25, 0.3) is 5.78 Å². The van der Waals surface area contributed by atoms with E-state index < -0.39 is 0 Å². The third-order valence-electron chi connectivity index (χ3n) is 4.89. The lowest BCUT2D eigenvalue weighted by Crippen LogP contribution is -2.22. The molecule has 6 heteroatoms. The minimum absolute atomic E-state index is 0.0993. The van der Waals surface area contributed by atoms with Crippen molar-refractivity contribution >= 4 is 11.6 Å². The summed E-state index contributed by atoms with van der Waals surface area (Å²) in [5.74, 6) is 1.77. The molecule has 3 heterocycles. The number of aryl methyl sites for hydroxylation is 1. The van der Waals surface area contributed by atoms with E-state index in [1.165, 1.54) is 11.1 Å². The van der Waals surface area contributed by atoms with E-state index in [4.69, 9.17) is 4.42 Å². The molecule has 0 saturated carbocycles. The van der Waals surface area contributed by atoms with Crippen LogP contribution in [0, 0.1) is 6.92 Å². The first-order valence-corrected chi connectivity index (χ1v) is 8.57. The number of hydrogen-bond acceptors (Lipinski definition) is 5.